The Kier molecular flexibility index (Phi) is 4.76. The second kappa shape index (κ2) is 7.05. The van der Waals surface area contributed by atoms with Gasteiger partial charge in [0.25, 0.3) is 0 Å². The largest absolute Gasteiger partial charge is 0.459 e. The van der Waals surface area contributed by atoms with Gasteiger partial charge in [-0.15, -0.1) is 0 Å². The van der Waals surface area contributed by atoms with Crippen LogP contribution in [0.5, 0.6) is 0 Å². The Morgan fingerprint density at radius 3 is 2.31 bits per heavy atom. The fourth-order valence-corrected chi connectivity index (χ4v) is 6.06. The number of hydrogen-bond acceptors (Lipinski definition) is 3. The monoisotopic (exact) mass is 355 g/mol. The van der Waals surface area contributed by atoms with Crippen LogP contribution in [0.15, 0.2) is 24.3 Å². The van der Waals surface area contributed by atoms with Crippen LogP contribution in [0.2, 0.25) is 0 Å². The fraction of sp³-hybridized carbons (Fsp3) is 0.636. The summed E-state index contributed by atoms with van der Waals surface area (Å²) in [6, 6.07) is 7.85. The number of esters is 1. The molecule has 1 aromatic rings. The third-order valence-electron chi connectivity index (χ3n) is 6.78. The summed E-state index contributed by atoms with van der Waals surface area (Å²) in [6.07, 6.45) is 8.37. The fourth-order valence-electron chi connectivity index (χ4n) is 6.06. The van der Waals surface area contributed by atoms with Crippen LogP contribution in [-0.4, -0.2) is 18.4 Å². The number of rotatable bonds is 6. The highest BCUT2D eigenvalue weighted by atomic mass is 16.5. The number of aryl methyl sites for hydroxylation is 1. The van der Waals surface area contributed by atoms with Crippen molar-refractivity contribution in [1.29, 1.82) is 0 Å². The van der Waals surface area contributed by atoms with E-state index in [1.54, 1.807) is 0 Å². The number of ether oxygens (including phenoxy) is 1. The van der Waals surface area contributed by atoms with E-state index >= 15 is 0 Å². The quantitative estimate of drug-likeness (QED) is 0.791. The molecule has 26 heavy (non-hydrogen) atoms. The lowest BCUT2D eigenvalue weighted by Gasteiger charge is -2.56. The summed E-state index contributed by atoms with van der Waals surface area (Å²) < 4.78 is 5.30. The summed E-state index contributed by atoms with van der Waals surface area (Å²) in [6.45, 7) is 2.23. The topological polar surface area (TPSA) is 55.4 Å². The standard InChI is InChI=1S/C22H29NO3/c1-15-4-2-3-5-19(15)14-26-21(25)13-23-20(24)12-22-9-16-6-17(10-22)8-18(7-16)11-22/h2-5,16-18H,6-14H2,1H3,(H,23,24). The zero-order chi connectivity index (χ0) is 18.1. The molecule has 1 amide bonds. The molecule has 0 saturated heterocycles. The first-order valence-electron chi connectivity index (χ1n) is 9.98. The zero-order valence-electron chi connectivity index (χ0n) is 15.6. The van der Waals surface area contributed by atoms with Gasteiger partial charge in [-0.25, -0.2) is 0 Å². The Labute approximate surface area is 155 Å². The third-order valence-corrected chi connectivity index (χ3v) is 6.78. The molecule has 4 fully saturated rings. The van der Waals surface area contributed by atoms with Gasteiger partial charge in [0.1, 0.15) is 13.2 Å². The van der Waals surface area contributed by atoms with E-state index in [4.69, 9.17) is 4.74 Å². The first-order chi connectivity index (χ1) is 12.5. The highest BCUT2D eigenvalue weighted by molar-refractivity contribution is 5.82. The Balaban J connectivity index is 1.23. The van der Waals surface area contributed by atoms with Crippen LogP contribution in [0, 0.1) is 30.1 Å². The molecular formula is C22H29NO3. The Hall–Kier alpha value is -1.84. The molecule has 1 aromatic carbocycles. The highest BCUT2D eigenvalue weighted by Gasteiger charge is 2.51. The normalized spacial score (nSPS) is 31.7. The van der Waals surface area contributed by atoms with Crippen molar-refractivity contribution in [3.8, 4) is 0 Å². The molecule has 4 aliphatic rings. The van der Waals surface area contributed by atoms with E-state index in [-0.39, 0.29) is 30.4 Å². The molecule has 0 atom stereocenters. The van der Waals surface area contributed by atoms with Gasteiger partial charge in [0.05, 0.1) is 0 Å². The number of hydrogen-bond donors (Lipinski definition) is 1. The van der Waals surface area contributed by atoms with Crippen LogP contribution in [0.1, 0.15) is 56.1 Å². The first-order valence-corrected chi connectivity index (χ1v) is 9.98. The molecule has 4 aliphatic carbocycles. The third kappa shape index (κ3) is 3.79. The molecule has 140 valence electrons. The lowest BCUT2D eigenvalue weighted by molar-refractivity contribution is -0.146. The average molecular weight is 355 g/mol. The summed E-state index contributed by atoms with van der Waals surface area (Å²) in [5.74, 6) is 2.17. The summed E-state index contributed by atoms with van der Waals surface area (Å²) in [7, 11) is 0. The Morgan fingerprint density at radius 1 is 1.08 bits per heavy atom. The number of carbonyl (C=O) groups is 2. The lowest BCUT2D eigenvalue weighted by Crippen LogP contribution is -2.48. The Bertz CT molecular complexity index is 661. The molecule has 4 saturated carbocycles. The van der Waals surface area contributed by atoms with E-state index in [1.807, 2.05) is 31.2 Å². The highest BCUT2D eigenvalue weighted by Crippen LogP contribution is 2.61. The minimum Gasteiger partial charge on any atom is -0.459 e. The van der Waals surface area contributed by atoms with Crippen molar-refractivity contribution in [2.24, 2.45) is 23.2 Å². The Morgan fingerprint density at radius 2 is 1.69 bits per heavy atom. The minimum atomic E-state index is -0.368. The van der Waals surface area contributed by atoms with Crippen molar-refractivity contribution in [3.63, 3.8) is 0 Å². The molecular weight excluding hydrogens is 326 g/mol. The first kappa shape index (κ1) is 17.6. The van der Waals surface area contributed by atoms with Gasteiger partial charge in [-0.05, 0) is 79.7 Å². The van der Waals surface area contributed by atoms with Crippen molar-refractivity contribution < 1.29 is 14.3 Å². The van der Waals surface area contributed by atoms with Crippen molar-refractivity contribution in [3.05, 3.63) is 35.4 Å². The smallest absolute Gasteiger partial charge is 0.325 e. The van der Waals surface area contributed by atoms with Crippen LogP contribution in [0.25, 0.3) is 0 Å². The van der Waals surface area contributed by atoms with Gasteiger partial charge in [0.2, 0.25) is 5.91 Å². The number of amides is 1. The van der Waals surface area contributed by atoms with Crippen LogP contribution >= 0.6 is 0 Å². The van der Waals surface area contributed by atoms with Gasteiger partial charge in [-0.2, -0.15) is 0 Å². The van der Waals surface area contributed by atoms with Crippen LogP contribution in [-0.2, 0) is 20.9 Å². The number of benzene rings is 1. The van der Waals surface area contributed by atoms with Gasteiger partial charge < -0.3 is 10.1 Å². The maximum Gasteiger partial charge on any atom is 0.325 e. The number of nitrogens with one attached hydrogen (secondary N) is 1. The zero-order valence-corrected chi connectivity index (χ0v) is 15.6. The molecule has 4 heteroatoms. The molecule has 0 unspecified atom stereocenters. The van der Waals surface area contributed by atoms with Crippen molar-refractivity contribution >= 4 is 11.9 Å². The maximum atomic E-state index is 12.4. The SMILES string of the molecule is Cc1ccccc1COC(=O)CNC(=O)CC12CC3CC(CC(C3)C1)C2. The van der Waals surface area contributed by atoms with E-state index in [9.17, 15) is 9.59 Å². The van der Waals surface area contributed by atoms with Crippen molar-refractivity contribution in [2.75, 3.05) is 6.54 Å². The maximum absolute atomic E-state index is 12.4. The molecule has 0 spiro atoms. The van der Waals surface area contributed by atoms with E-state index in [0.29, 0.717) is 6.42 Å². The summed E-state index contributed by atoms with van der Waals surface area (Å²) in [4.78, 5) is 24.4. The molecule has 0 aliphatic heterocycles. The number of carbonyl (C=O) groups excluding carboxylic acids is 2. The minimum absolute atomic E-state index is 0.0137. The van der Waals surface area contributed by atoms with Gasteiger partial charge >= 0.3 is 5.97 Å². The molecule has 5 rings (SSSR count). The summed E-state index contributed by atoms with van der Waals surface area (Å²) in [5, 5.41) is 2.79. The van der Waals surface area contributed by atoms with E-state index in [1.165, 1.54) is 38.5 Å². The van der Waals surface area contributed by atoms with Crippen LogP contribution in [0.4, 0.5) is 0 Å². The summed E-state index contributed by atoms with van der Waals surface area (Å²) in [5.41, 5.74) is 2.32. The van der Waals surface area contributed by atoms with Crippen LogP contribution < -0.4 is 5.32 Å². The van der Waals surface area contributed by atoms with Gasteiger partial charge in [0.15, 0.2) is 0 Å². The van der Waals surface area contributed by atoms with Crippen LogP contribution in [0.3, 0.4) is 0 Å². The summed E-state index contributed by atoms with van der Waals surface area (Å²) >= 11 is 0. The molecule has 4 bridgehead atoms. The van der Waals surface area contributed by atoms with Crippen molar-refractivity contribution in [1.82, 2.24) is 5.32 Å². The molecule has 1 N–H and O–H groups in total. The van der Waals surface area contributed by atoms with E-state index in [0.717, 1.165) is 28.9 Å². The molecule has 4 nitrogen and oxygen atoms in total. The molecule has 0 radical (unpaired) electrons. The second-order valence-corrected chi connectivity index (χ2v) is 8.96. The van der Waals surface area contributed by atoms with E-state index in [2.05, 4.69) is 5.32 Å². The van der Waals surface area contributed by atoms with Crippen molar-refractivity contribution in [2.45, 2.75) is 58.5 Å². The second-order valence-electron chi connectivity index (χ2n) is 8.96. The van der Waals surface area contributed by atoms with E-state index < -0.39 is 0 Å². The van der Waals surface area contributed by atoms with Gasteiger partial charge in [-0.3, -0.25) is 9.59 Å². The molecule has 0 heterocycles. The van der Waals surface area contributed by atoms with Gasteiger partial charge in [0, 0.05) is 6.42 Å². The predicted octanol–water partition coefficient (Wildman–Crippen LogP) is 3.76. The van der Waals surface area contributed by atoms with Gasteiger partial charge in [-0.1, -0.05) is 24.3 Å². The lowest BCUT2D eigenvalue weighted by atomic mass is 9.49. The predicted molar refractivity (Wildman–Crippen MR) is 99.2 cm³/mol. The average Bonchev–Trinajstić information content (AvgIpc) is 2.57. The molecule has 0 aromatic heterocycles.